The lowest BCUT2D eigenvalue weighted by atomic mass is 10.0. The summed E-state index contributed by atoms with van der Waals surface area (Å²) in [6, 6.07) is 7.70. The Hall–Kier alpha value is -2.22. The van der Waals surface area contributed by atoms with E-state index in [-0.39, 0.29) is 12.5 Å². The highest BCUT2D eigenvalue weighted by Crippen LogP contribution is 2.07. The summed E-state index contributed by atoms with van der Waals surface area (Å²) in [4.78, 5) is 36.2. The van der Waals surface area contributed by atoms with E-state index in [0.717, 1.165) is 5.56 Å². The second-order valence-corrected chi connectivity index (χ2v) is 7.62. The Bertz CT molecular complexity index is 610. The van der Waals surface area contributed by atoms with Gasteiger partial charge in [0.15, 0.2) is 0 Å². The Morgan fingerprint density at radius 3 is 2.33 bits per heavy atom. The van der Waals surface area contributed by atoms with Crippen molar-refractivity contribution in [2.24, 2.45) is 11.7 Å². The van der Waals surface area contributed by atoms with E-state index in [4.69, 9.17) is 10.5 Å². The summed E-state index contributed by atoms with van der Waals surface area (Å²) in [5.74, 6) is -0.170. The van der Waals surface area contributed by atoms with Gasteiger partial charge in [0, 0.05) is 0 Å². The van der Waals surface area contributed by atoms with Gasteiger partial charge in [-0.2, -0.15) is 11.8 Å². The lowest BCUT2D eigenvalue weighted by Gasteiger charge is -2.22. The van der Waals surface area contributed by atoms with Gasteiger partial charge in [-0.15, -0.1) is 0 Å². The van der Waals surface area contributed by atoms with Crippen molar-refractivity contribution in [3.63, 3.8) is 0 Å². The molecule has 7 nitrogen and oxygen atoms in total. The highest BCUT2D eigenvalue weighted by atomic mass is 32.2. The first-order chi connectivity index (χ1) is 12.8. The highest BCUT2D eigenvalue weighted by molar-refractivity contribution is 7.98. The lowest BCUT2D eigenvalue weighted by molar-refractivity contribution is -0.128. The summed E-state index contributed by atoms with van der Waals surface area (Å²) in [6.45, 7) is 3.99. The summed E-state index contributed by atoms with van der Waals surface area (Å²) < 4.78 is 5.18. The highest BCUT2D eigenvalue weighted by Gasteiger charge is 2.26. The summed E-state index contributed by atoms with van der Waals surface area (Å²) >= 11 is 1.56. The summed E-state index contributed by atoms with van der Waals surface area (Å²) in [7, 11) is 0. The predicted octanol–water partition coefficient (Wildman–Crippen LogP) is 2.05. The zero-order chi connectivity index (χ0) is 20.2. The van der Waals surface area contributed by atoms with Crippen LogP contribution in [0, 0.1) is 5.92 Å². The molecule has 0 radical (unpaired) electrons. The normalized spacial score (nSPS) is 12.9. The number of thioether (sulfide) groups is 1. The molecule has 3 amide bonds. The molecule has 0 spiro atoms. The summed E-state index contributed by atoms with van der Waals surface area (Å²) in [6.07, 6.45) is 2.09. The molecule has 1 rings (SSSR count). The molecule has 1 aromatic rings. The Morgan fingerprint density at radius 2 is 1.78 bits per heavy atom. The molecule has 0 aliphatic carbocycles. The summed E-state index contributed by atoms with van der Waals surface area (Å²) in [5.41, 5.74) is 6.23. The topological polar surface area (TPSA) is 111 Å². The Labute approximate surface area is 164 Å². The zero-order valence-corrected chi connectivity index (χ0v) is 16.9. The molecule has 0 bridgehead atoms. The molecule has 150 valence electrons. The van der Waals surface area contributed by atoms with Gasteiger partial charge in [-0.1, -0.05) is 44.2 Å². The maximum Gasteiger partial charge on any atom is 0.408 e. The fourth-order valence-corrected chi connectivity index (χ4v) is 2.87. The molecule has 8 heteroatoms. The van der Waals surface area contributed by atoms with Gasteiger partial charge in [0.25, 0.3) is 0 Å². The van der Waals surface area contributed by atoms with E-state index < -0.39 is 30.0 Å². The van der Waals surface area contributed by atoms with Crippen LogP contribution in [0.3, 0.4) is 0 Å². The molecule has 0 heterocycles. The Balaban J connectivity index is 2.65. The van der Waals surface area contributed by atoms with Crippen LogP contribution in [0.4, 0.5) is 4.79 Å². The van der Waals surface area contributed by atoms with Crippen molar-refractivity contribution < 1.29 is 19.1 Å². The molecule has 4 N–H and O–H groups in total. The molecule has 0 aromatic heterocycles. The average molecular weight is 396 g/mol. The molecular weight excluding hydrogens is 366 g/mol. The van der Waals surface area contributed by atoms with Gasteiger partial charge in [0.05, 0.1) is 0 Å². The van der Waals surface area contributed by atoms with Crippen LogP contribution in [0.1, 0.15) is 32.3 Å². The monoisotopic (exact) mass is 395 g/mol. The zero-order valence-electron chi connectivity index (χ0n) is 16.1. The molecule has 0 aliphatic heterocycles. The van der Waals surface area contributed by atoms with E-state index >= 15 is 0 Å². The summed E-state index contributed by atoms with van der Waals surface area (Å²) in [5, 5.41) is 5.22. The molecule has 2 unspecified atom stereocenters. The van der Waals surface area contributed by atoms with Crippen molar-refractivity contribution in [2.75, 3.05) is 12.0 Å². The smallest absolute Gasteiger partial charge is 0.408 e. The minimum Gasteiger partial charge on any atom is -0.445 e. The van der Waals surface area contributed by atoms with E-state index in [0.29, 0.717) is 18.6 Å². The molecule has 27 heavy (non-hydrogen) atoms. The average Bonchev–Trinajstić information content (AvgIpc) is 2.63. The third-order valence-electron chi connectivity index (χ3n) is 3.80. The third-order valence-corrected chi connectivity index (χ3v) is 4.44. The van der Waals surface area contributed by atoms with Gasteiger partial charge in [0.1, 0.15) is 18.7 Å². The van der Waals surface area contributed by atoms with E-state index in [1.54, 1.807) is 11.8 Å². The van der Waals surface area contributed by atoms with Crippen molar-refractivity contribution in [1.29, 1.82) is 0 Å². The molecule has 0 aliphatic rings. The quantitative estimate of drug-likeness (QED) is 0.531. The van der Waals surface area contributed by atoms with Crippen LogP contribution in [0.5, 0.6) is 0 Å². The van der Waals surface area contributed by atoms with Crippen molar-refractivity contribution in [1.82, 2.24) is 10.6 Å². The van der Waals surface area contributed by atoms with Crippen LogP contribution in [-0.2, 0) is 20.9 Å². The fraction of sp³-hybridized carbons (Fsp3) is 0.526. The minimum absolute atomic E-state index is 0.112. The van der Waals surface area contributed by atoms with E-state index in [1.165, 1.54) is 0 Å². The van der Waals surface area contributed by atoms with Crippen LogP contribution in [0.25, 0.3) is 0 Å². The van der Waals surface area contributed by atoms with Gasteiger partial charge >= 0.3 is 6.09 Å². The largest absolute Gasteiger partial charge is 0.445 e. The maximum absolute atomic E-state index is 12.6. The maximum atomic E-state index is 12.6. The van der Waals surface area contributed by atoms with Gasteiger partial charge in [-0.25, -0.2) is 4.79 Å². The van der Waals surface area contributed by atoms with Gasteiger partial charge < -0.3 is 21.1 Å². The van der Waals surface area contributed by atoms with Crippen LogP contribution in [0.15, 0.2) is 30.3 Å². The third kappa shape index (κ3) is 9.33. The van der Waals surface area contributed by atoms with Crippen molar-refractivity contribution in [3.8, 4) is 0 Å². The molecule has 0 saturated heterocycles. The number of hydrogen-bond acceptors (Lipinski definition) is 5. The molecule has 0 fully saturated rings. The van der Waals surface area contributed by atoms with Crippen molar-refractivity contribution >= 4 is 29.7 Å². The second kappa shape index (κ2) is 12.2. The number of amides is 3. The first-order valence-electron chi connectivity index (χ1n) is 8.89. The Morgan fingerprint density at radius 1 is 1.11 bits per heavy atom. The predicted molar refractivity (Wildman–Crippen MR) is 107 cm³/mol. The minimum atomic E-state index is -0.797. The number of hydrogen-bond donors (Lipinski definition) is 3. The number of benzene rings is 1. The number of ether oxygens (including phenoxy) is 1. The fourth-order valence-electron chi connectivity index (χ4n) is 2.40. The first-order valence-corrected chi connectivity index (χ1v) is 10.3. The SMILES string of the molecule is CSCCC(NC(=O)OCc1ccccc1)C(=O)NC(CC(C)C)C(N)=O. The lowest BCUT2D eigenvalue weighted by Crippen LogP contribution is -2.53. The number of carbonyl (C=O) groups excluding carboxylic acids is 3. The number of rotatable bonds is 11. The van der Waals surface area contributed by atoms with Crippen LogP contribution in [-0.4, -0.2) is 42.0 Å². The molecule has 1 aromatic carbocycles. The van der Waals surface area contributed by atoms with Crippen molar-refractivity contribution in [2.45, 2.75) is 45.4 Å². The number of carbonyl (C=O) groups is 3. The van der Waals surface area contributed by atoms with Gasteiger partial charge in [-0.3, -0.25) is 9.59 Å². The number of alkyl carbamates (subject to hydrolysis) is 1. The number of primary amides is 1. The van der Waals surface area contributed by atoms with Crippen LogP contribution in [0.2, 0.25) is 0 Å². The van der Waals surface area contributed by atoms with Crippen molar-refractivity contribution in [3.05, 3.63) is 35.9 Å². The molecular formula is C19H29N3O4S. The van der Waals surface area contributed by atoms with E-state index in [2.05, 4.69) is 10.6 Å². The molecule has 0 saturated carbocycles. The van der Waals surface area contributed by atoms with Crippen LogP contribution >= 0.6 is 11.8 Å². The first kappa shape index (κ1) is 22.8. The second-order valence-electron chi connectivity index (χ2n) is 6.63. The number of nitrogens with two attached hydrogens (primary N) is 1. The number of nitrogens with one attached hydrogen (secondary N) is 2. The van der Waals surface area contributed by atoms with E-state index in [1.807, 2.05) is 50.4 Å². The molecule has 2 atom stereocenters. The van der Waals surface area contributed by atoms with Crippen LogP contribution < -0.4 is 16.4 Å². The van der Waals surface area contributed by atoms with Gasteiger partial charge in [0.2, 0.25) is 11.8 Å². The Kier molecular flexibility index (Phi) is 10.3. The van der Waals surface area contributed by atoms with Gasteiger partial charge in [-0.05, 0) is 36.3 Å². The van der Waals surface area contributed by atoms with E-state index in [9.17, 15) is 14.4 Å². The standard InChI is InChI=1S/C19H29N3O4S/c1-13(2)11-16(17(20)23)21-18(24)15(9-10-27-3)22-19(25)26-12-14-7-5-4-6-8-14/h4-8,13,15-16H,9-12H2,1-3H3,(H2,20,23)(H,21,24)(H,22,25).